The first kappa shape index (κ1) is 19.5. The van der Waals surface area contributed by atoms with Crippen molar-refractivity contribution in [3.63, 3.8) is 0 Å². The van der Waals surface area contributed by atoms with E-state index < -0.39 is 5.97 Å². The zero-order valence-corrected chi connectivity index (χ0v) is 16.4. The third-order valence-electron chi connectivity index (χ3n) is 4.78. The first-order valence-corrected chi connectivity index (χ1v) is 9.34. The lowest BCUT2D eigenvalue weighted by Gasteiger charge is -2.18. The number of nitrogens with zero attached hydrogens (tertiary/aromatic N) is 2. The highest BCUT2D eigenvalue weighted by Gasteiger charge is 2.21. The van der Waals surface area contributed by atoms with Crippen molar-refractivity contribution in [1.82, 2.24) is 9.88 Å². The molecule has 1 heterocycles. The van der Waals surface area contributed by atoms with Crippen LogP contribution in [-0.4, -0.2) is 35.4 Å². The number of carbonyl (C=O) groups is 2. The van der Waals surface area contributed by atoms with Gasteiger partial charge in [0.05, 0.1) is 16.8 Å². The SMILES string of the molecule is CCc1nc2ccccc2c(C)c1C(=O)OCC(=O)N(C)Cc1ccccc1. The third-order valence-corrected chi connectivity index (χ3v) is 4.78. The summed E-state index contributed by atoms with van der Waals surface area (Å²) in [6, 6.07) is 17.4. The number of likely N-dealkylation sites (N-methyl/N-ethyl adjacent to an activating group) is 1. The van der Waals surface area contributed by atoms with Crippen molar-refractivity contribution in [2.45, 2.75) is 26.8 Å². The number of amides is 1. The minimum Gasteiger partial charge on any atom is -0.452 e. The summed E-state index contributed by atoms with van der Waals surface area (Å²) in [5.74, 6) is -0.754. The van der Waals surface area contributed by atoms with Gasteiger partial charge in [-0.15, -0.1) is 0 Å². The van der Waals surface area contributed by atoms with Gasteiger partial charge in [0.2, 0.25) is 0 Å². The molecule has 5 heteroatoms. The van der Waals surface area contributed by atoms with E-state index in [0.717, 1.165) is 22.0 Å². The molecule has 0 saturated heterocycles. The smallest absolute Gasteiger partial charge is 0.340 e. The van der Waals surface area contributed by atoms with Gasteiger partial charge in [0, 0.05) is 19.0 Å². The van der Waals surface area contributed by atoms with Crippen LogP contribution in [-0.2, 0) is 22.5 Å². The van der Waals surface area contributed by atoms with Crippen LogP contribution >= 0.6 is 0 Å². The van der Waals surface area contributed by atoms with Gasteiger partial charge >= 0.3 is 5.97 Å². The number of benzene rings is 2. The predicted molar refractivity (Wildman–Crippen MR) is 109 cm³/mol. The number of aryl methyl sites for hydroxylation is 2. The molecule has 1 aromatic heterocycles. The number of hydrogen-bond donors (Lipinski definition) is 0. The van der Waals surface area contributed by atoms with E-state index in [1.165, 1.54) is 0 Å². The molecule has 0 fully saturated rings. The summed E-state index contributed by atoms with van der Waals surface area (Å²) in [6.45, 7) is 4.01. The number of pyridine rings is 1. The van der Waals surface area contributed by atoms with Crippen molar-refractivity contribution in [3.8, 4) is 0 Å². The van der Waals surface area contributed by atoms with Crippen LogP contribution in [0.15, 0.2) is 54.6 Å². The van der Waals surface area contributed by atoms with E-state index in [0.29, 0.717) is 24.2 Å². The summed E-state index contributed by atoms with van der Waals surface area (Å²) in [5, 5.41) is 0.916. The number of ether oxygens (including phenoxy) is 1. The van der Waals surface area contributed by atoms with Crippen molar-refractivity contribution in [2.24, 2.45) is 0 Å². The first-order valence-electron chi connectivity index (χ1n) is 9.34. The highest BCUT2D eigenvalue weighted by Crippen LogP contribution is 2.24. The van der Waals surface area contributed by atoms with Crippen molar-refractivity contribution in [2.75, 3.05) is 13.7 Å². The Morgan fingerprint density at radius 3 is 2.43 bits per heavy atom. The lowest BCUT2D eigenvalue weighted by molar-refractivity contribution is -0.133. The van der Waals surface area contributed by atoms with Gasteiger partial charge in [0.25, 0.3) is 5.91 Å². The van der Waals surface area contributed by atoms with Crippen LogP contribution in [0.3, 0.4) is 0 Å². The molecule has 3 aromatic rings. The van der Waals surface area contributed by atoms with Crippen molar-refractivity contribution < 1.29 is 14.3 Å². The fourth-order valence-electron chi connectivity index (χ4n) is 3.22. The van der Waals surface area contributed by atoms with Crippen LogP contribution in [0.25, 0.3) is 10.9 Å². The number of para-hydroxylation sites is 1. The maximum absolute atomic E-state index is 12.7. The molecule has 0 unspecified atom stereocenters. The first-order chi connectivity index (χ1) is 13.5. The average Bonchev–Trinajstić information content (AvgIpc) is 2.72. The topological polar surface area (TPSA) is 59.5 Å². The Labute approximate surface area is 165 Å². The second kappa shape index (κ2) is 8.65. The molecule has 144 valence electrons. The van der Waals surface area contributed by atoms with Gasteiger partial charge in [-0.25, -0.2) is 4.79 Å². The summed E-state index contributed by atoms with van der Waals surface area (Å²) < 4.78 is 5.35. The van der Waals surface area contributed by atoms with Crippen LogP contribution in [0.4, 0.5) is 0 Å². The van der Waals surface area contributed by atoms with Gasteiger partial charge in [-0.05, 0) is 30.5 Å². The second-order valence-electron chi connectivity index (χ2n) is 6.74. The molecule has 0 aliphatic heterocycles. The Bertz CT molecular complexity index is 999. The Kier molecular flexibility index (Phi) is 6.04. The maximum Gasteiger partial charge on any atom is 0.340 e. The average molecular weight is 376 g/mol. The number of aromatic nitrogens is 1. The van der Waals surface area contributed by atoms with Gasteiger partial charge in [-0.3, -0.25) is 9.78 Å². The minimum atomic E-state index is -0.505. The van der Waals surface area contributed by atoms with Gasteiger partial charge < -0.3 is 9.64 Å². The molecule has 0 aliphatic carbocycles. The van der Waals surface area contributed by atoms with Crippen molar-refractivity contribution in [1.29, 1.82) is 0 Å². The zero-order chi connectivity index (χ0) is 20.1. The maximum atomic E-state index is 12.7. The lowest BCUT2D eigenvalue weighted by Crippen LogP contribution is -2.31. The fraction of sp³-hybridized carbons (Fsp3) is 0.261. The molecule has 0 spiro atoms. The fourth-order valence-corrected chi connectivity index (χ4v) is 3.22. The minimum absolute atomic E-state index is 0.248. The molecular formula is C23H24N2O3. The quantitative estimate of drug-likeness (QED) is 0.612. The molecule has 5 nitrogen and oxygen atoms in total. The number of fused-ring (bicyclic) bond motifs is 1. The lowest BCUT2D eigenvalue weighted by atomic mass is 10.0. The van der Waals surface area contributed by atoms with Crippen LogP contribution in [0, 0.1) is 6.92 Å². The highest BCUT2D eigenvalue weighted by molar-refractivity contribution is 5.99. The molecule has 3 rings (SSSR count). The number of carbonyl (C=O) groups excluding carboxylic acids is 2. The summed E-state index contributed by atoms with van der Waals surface area (Å²) >= 11 is 0. The van der Waals surface area contributed by atoms with Gasteiger partial charge in [0.1, 0.15) is 0 Å². The van der Waals surface area contributed by atoms with E-state index >= 15 is 0 Å². The molecule has 0 atom stereocenters. The molecule has 0 radical (unpaired) electrons. The van der Waals surface area contributed by atoms with E-state index in [-0.39, 0.29) is 12.5 Å². The van der Waals surface area contributed by atoms with Crippen molar-refractivity contribution >= 4 is 22.8 Å². The van der Waals surface area contributed by atoms with Gasteiger partial charge in [0.15, 0.2) is 6.61 Å². The van der Waals surface area contributed by atoms with Crippen LogP contribution in [0.5, 0.6) is 0 Å². The molecule has 0 aliphatic rings. The molecule has 2 aromatic carbocycles. The molecule has 0 N–H and O–H groups in total. The van der Waals surface area contributed by atoms with Crippen LogP contribution in [0.1, 0.15) is 34.1 Å². The van der Waals surface area contributed by atoms with Crippen molar-refractivity contribution in [3.05, 3.63) is 77.0 Å². The van der Waals surface area contributed by atoms with E-state index in [9.17, 15) is 9.59 Å². The number of rotatable bonds is 6. The largest absolute Gasteiger partial charge is 0.452 e. The third kappa shape index (κ3) is 4.19. The molecule has 0 bridgehead atoms. The highest BCUT2D eigenvalue weighted by atomic mass is 16.5. The van der Waals surface area contributed by atoms with Crippen LogP contribution in [0.2, 0.25) is 0 Å². The van der Waals surface area contributed by atoms with E-state index in [1.54, 1.807) is 11.9 Å². The Hall–Kier alpha value is -3.21. The second-order valence-corrected chi connectivity index (χ2v) is 6.74. The van der Waals surface area contributed by atoms with Gasteiger partial charge in [-0.2, -0.15) is 0 Å². The number of esters is 1. The Morgan fingerprint density at radius 2 is 1.71 bits per heavy atom. The summed E-state index contributed by atoms with van der Waals surface area (Å²) in [7, 11) is 1.70. The standard InChI is InChI=1S/C23H24N2O3/c1-4-19-22(16(2)18-12-8-9-13-20(18)24-19)23(27)28-15-21(26)25(3)14-17-10-6-5-7-11-17/h5-13H,4,14-15H2,1-3H3. The summed E-state index contributed by atoms with van der Waals surface area (Å²) in [5.41, 5.74) is 3.85. The Balaban J connectivity index is 1.72. The zero-order valence-electron chi connectivity index (χ0n) is 16.4. The molecule has 0 saturated carbocycles. The molecule has 1 amide bonds. The van der Waals surface area contributed by atoms with Crippen LogP contribution < -0.4 is 0 Å². The molecule has 28 heavy (non-hydrogen) atoms. The van der Waals surface area contributed by atoms with E-state index in [2.05, 4.69) is 4.98 Å². The van der Waals surface area contributed by atoms with E-state index in [1.807, 2.05) is 68.4 Å². The number of hydrogen-bond acceptors (Lipinski definition) is 4. The molecular weight excluding hydrogens is 352 g/mol. The Morgan fingerprint density at radius 1 is 1.04 bits per heavy atom. The normalized spacial score (nSPS) is 10.7. The summed E-state index contributed by atoms with van der Waals surface area (Å²) in [6.07, 6.45) is 0.609. The predicted octanol–water partition coefficient (Wildman–Crippen LogP) is 3.92. The summed E-state index contributed by atoms with van der Waals surface area (Å²) in [4.78, 5) is 31.3. The van der Waals surface area contributed by atoms with E-state index in [4.69, 9.17) is 4.74 Å². The van der Waals surface area contributed by atoms with Gasteiger partial charge in [-0.1, -0.05) is 55.5 Å². The monoisotopic (exact) mass is 376 g/mol.